The van der Waals surface area contributed by atoms with Gasteiger partial charge in [0, 0.05) is 6.42 Å². The Kier molecular flexibility index (Phi) is 8.04. The molecule has 25 heavy (non-hydrogen) atoms. The molecule has 0 aromatic heterocycles. The largest absolute Gasteiger partial charge is 0.466 e. The normalized spacial score (nSPS) is 33.8. The van der Waals surface area contributed by atoms with E-state index in [0.29, 0.717) is 11.8 Å². The summed E-state index contributed by atoms with van der Waals surface area (Å²) in [5, 5.41) is 51.8. The molecule has 0 aromatic carbocycles. The van der Waals surface area contributed by atoms with Gasteiger partial charge >= 0.3 is 10.4 Å². The van der Waals surface area contributed by atoms with Gasteiger partial charge in [0.15, 0.2) is 0 Å². The molecule has 11 nitrogen and oxygen atoms in total. The van der Waals surface area contributed by atoms with E-state index in [4.69, 9.17) is 14.4 Å². The van der Waals surface area contributed by atoms with Gasteiger partial charge in [0.1, 0.15) is 34.9 Å². The highest BCUT2D eigenvalue weighted by atomic mass is 32.3. The summed E-state index contributed by atoms with van der Waals surface area (Å²) < 4.78 is 39.2. The van der Waals surface area contributed by atoms with Crippen LogP contribution in [0.15, 0.2) is 5.16 Å². The fourth-order valence-corrected chi connectivity index (χ4v) is 3.41. The van der Waals surface area contributed by atoms with Crippen LogP contribution in [0.5, 0.6) is 0 Å². The molecule has 148 valence electrons. The zero-order chi connectivity index (χ0) is 19.4. The Bertz CT molecular complexity index is 564. The van der Waals surface area contributed by atoms with Gasteiger partial charge in [0.25, 0.3) is 0 Å². The lowest BCUT2D eigenvalue weighted by atomic mass is 10.0. The summed E-state index contributed by atoms with van der Waals surface area (Å²) in [6.07, 6.45) is -5.87. The van der Waals surface area contributed by atoms with Crippen LogP contribution < -0.4 is 0 Å². The van der Waals surface area contributed by atoms with Gasteiger partial charge < -0.3 is 30.3 Å². The van der Waals surface area contributed by atoms with E-state index >= 15 is 0 Å². The standard InChI is InChI=1S/C12H23NO10S2/c1-3-12(2,18)4-7(13-23-25(19,20)21)24-11-10(17)9(16)8(15)6(5-14)22-11/h6,8-11,14-18H,3-5H2,1-2H3,(H,19,20,21)/b13-7+/t6-,8-,9+,10-,11+,12+/m1/s1. The number of aliphatic hydroxyl groups is 5. The monoisotopic (exact) mass is 405 g/mol. The zero-order valence-electron chi connectivity index (χ0n) is 13.6. The summed E-state index contributed by atoms with van der Waals surface area (Å²) in [5.41, 5.74) is -2.55. The maximum atomic E-state index is 10.7. The van der Waals surface area contributed by atoms with Crippen molar-refractivity contribution in [3.8, 4) is 0 Å². The molecule has 0 aromatic rings. The Labute approximate surface area is 149 Å². The number of nitrogens with zero attached hydrogens (tertiary/aromatic N) is 1. The Balaban J connectivity index is 2.99. The number of ether oxygens (including phenoxy) is 1. The first-order chi connectivity index (χ1) is 11.4. The number of aliphatic hydroxyl groups excluding tert-OH is 4. The second kappa shape index (κ2) is 8.92. The van der Waals surface area contributed by atoms with Crippen molar-refractivity contribution in [3.05, 3.63) is 0 Å². The van der Waals surface area contributed by atoms with Crippen LogP contribution in [-0.2, 0) is 19.4 Å². The van der Waals surface area contributed by atoms with Crippen LogP contribution in [0.25, 0.3) is 0 Å². The molecule has 0 bridgehead atoms. The van der Waals surface area contributed by atoms with Crippen molar-refractivity contribution in [2.24, 2.45) is 5.16 Å². The molecule has 13 heteroatoms. The highest BCUT2D eigenvalue weighted by Crippen LogP contribution is 2.32. The average Bonchev–Trinajstić information content (AvgIpc) is 2.52. The molecule has 1 fully saturated rings. The maximum absolute atomic E-state index is 10.7. The second-order valence-corrected chi connectivity index (χ2v) is 8.01. The summed E-state index contributed by atoms with van der Waals surface area (Å²) in [5.74, 6) is 0. The van der Waals surface area contributed by atoms with Crippen molar-refractivity contribution >= 4 is 27.2 Å². The van der Waals surface area contributed by atoms with Crippen LogP contribution in [0.1, 0.15) is 26.7 Å². The lowest BCUT2D eigenvalue weighted by Crippen LogP contribution is -2.57. The molecule has 1 aliphatic rings. The zero-order valence-corrected chi connectivity index (χ0v) is 15.2. The molecular weight excluding hydrogens is 382 g/mol. The van der Waals surface area contributed by atoms with E-state index in [9.17, 15) is 28.8 Å². The van der Waals surface area contributed by atoms with E-state index < -0.39 is 52.5 Å². The van der Waals surface area contributed by atoms with Crippen LogP contribution in [0.2, 0.25) is 0 Å². The van der Waals surface area contributed by atoms with E-state index in [1.165, 1.54) is 6.92 Å². The Hall–Kier alpha value is -0.510. The lowest BCUT2D eigenvalue weighted by molar-refractivity contribution is -0.205. The predicted molar refractivity (Wildman–Crippen MR) is 87.0 cm³/mol. The number of thioether (sulfide) groups is 1. The summed E-state index contributed by atoms with van der Waals surface area (Å²) >= 11 is 0.617. The van der Waals surface area contributed by atoms with Crippen molar-refractivity contribution < 1.29 is 47.5 Å². The molecule has 0 unspecified atom stereocenters. The number of rotatable bonds is 7. The Morgan fingerprint density at radius 1 is 1.28 bits per heavy atom. The number of hydrogen-bond donors (Lipinski definition) is 6. The highest BCUT2D eigenvalue weighted by molar-refractivity contribution is 8.14. The predicted octanol–water partition coefficient (Wildman–Crippen LogP) is -1.80. The van der Waals surface area contributed by atoms with Gasteiger partial charge in [-0.25, -0.2) is 4.28 Å². The van der Waals surface area contributed by atoms with Crippen LogP contribution >= 0.6 is 11.8 Å². The first-order valence-corrected chi connectivity index (χ1v) is 9.57. The quantitative estimate of drug-likeness (QED) is 0.121. The summed E-state index contributed by atoms with van der Waals surface area (Å²) in [7, 11) is -4.89. The van der Waals surface area contributed by atoms with Gasteiger partial charge in [-0.1, -0.05) is 23.8 Å². The van der Waals surface area contributed by atoms with Crippen molar-refractivity contribution in [3.63, 3.8) is 0 Å². The molecule has 1 heterocycles. The topological polar surface area (TPSA) is 186 Å². The van der Waals surface area contributed by atoms with E-state index in [1.807, 2.05) is 0 Å². The second-order valence-electron chi connectivity index (χ2n) is 5.83. The van der Waals surface area contributed by atoms with Crippen molar-refractivity contribution in [1.29, 1.82) is 0 Å². The van der Waals surface area contributed by atoms with Gasteiger partial charge in [0.2, 0.25) is 0 Å². The molecule has 0 spiro atoms. The fraction of sp³-hybridized carbons (Fsp3) is 0.917. The van der Waals surface area contributed by atoms with Gasteiger partial charge in [-0.05, 0) is 13.3 Å². The van der Waals surface area contributed by atoms with Crippen molar-refractivity contribution in [2.45, 2.75) is 62.1 Å². The van der Waals surface area contributed by atoms with Gasteiger partial charge in [0.05, 0.1) is 12.2 Å². The third-order valence-corrected chi connectivity index (χ3v) is 5.00. The Morgan fingerprint density at radius 2 is 1.88 bits per heavy atom. The van der Waals surface area contributed by atoms with Gasteiger partial charge in [-0.2, -0.15) is 8.42 Å². The average molecular weight is 405 g/mol. The van der Waals surface area contributed by atoms with E-state index in [2.05, 4.69) is 9.44 Å². The lowest BCUT2D eigenvalue weighted by Gasteiger charge is -2.39. The molecule has 1 rings (SSSR count). The first kappa shape index (κ1) is 22.5. The van der Waals surface area contributed by atoms with Crippen molar-refractivity contribution in [2.75, 3.05) is 6.61 Å². The number of oxime groups is 1. The molecule has 0 radical (unpaired) electrons. The molecular formula is C12H23NO10S2. The van der Waals surface area contributed by atoms with Crippen LogP contribution in [-0.4, -0.2) is 85.6 Å². The molecule has 1 aliphatic heterocycles. The van der Waals surface area contributed by atoms with Crippen molar-refractivity contribution in [1.82, 2.24) is 0 Å². The first-order valence-electron chi connectivity index (χ1n) is 7.32. The minimum absolute atomic E-state index is 0.159. The minimum atomic E-state index is -4.89. The summed E-state index contributed by atoms with van der Waals surface area (Å²) in [6.45, 7) is 2.48. The number of hydrogen-bond acceptors (Lipinski definition) is 11. The third-order valence-electron chi connectivity index (χ3n) is 3.63. The summed E-state index contributed by atoms with van der Waals surface area (Å²) in [6, 6.07) is 0. The fourth-order valence-electron chi connectivity index (χ4n) is 1.93. The summed E-state index contributed by atoms with van der Waals surface area (Å²) in [4.78, 5) is 0. The molecule has 0 amide bonds. The molecule has 6 N–H and O–H groups in total. The van der Waals surface area contributed by atoms with Crippen LogP contribution in [0.3, 0.4) is 0 Å². The highest BCUT2D eigenvalue weighted by Gasteiger charge is 2.44. The molecule has 0 aliphatic carbocycles. The Morgan fingerprint density at radius 3 is 2.36 bits per heavy atom. The van der Waals surface area contributed by atoms with E-state index in [0.717, 1.165) is 0 Å². The van der Waals surface area contributed by atoms with Crippen LogP contribution in [0, 0.1) is 0 Å². The SMILES string of the molecule is CC[C@](C)(O)C/C(=N\OS(=O)(=O)O)S[C@@H]1O[C@H](CO)[C@@H](O)[C@H](O)[C@H]1O. The maximum Gasteiger partial charge on any atom is 0.466 e. The molecule has 1 saturated heterocycles. The minimum Gasteiger partial charge on any atom is -0.394 e. The molecule has 6 atom stereocenters. The third kappa shape index (κ3) is 6.96. The van der Waals surface area contributed by atoms with Crippen LogP contribution in [0.4, 0.5) is 0 Å². The molecule has 0 saturated carbocycles. The smallest absolute Gasteiger partial charge is 0.394 e. The van der Waals surface area contributed by atoms with E-state index in [1.54, 1.807) is 6.92 Å². The van der Waals surface area contributed by atoms with E-state index in [-0.39, 0.29) is 17.9 Å². The van der Waals surface area contributed by atoms with Gasteiger partial charge in [-0.3, -0.25) is 4.55 Å². The van der Waals surface area contributed by atoms with Gasteiger partial charge in [-0.15, -0.1) is 0 Å².